The van der Waals surface area contributed by atoms with Crippen molar-refractivity contribution in [3.63, 3.8) is 0 Å². The summed E-state index contributed by atoms with van der Waals surface area (Å²) in [5.41, 5.74) is 0. The normalized spacial score (nSPS) is 9.27. The average Bonchev–Trinajstić information content (AvgIpc) is 2.10. The van der Waals surface area contributed by atoms with Crippen molar-refractivity contribution in [2.45, 2.75) is 89.0 Å². The first-order valence-corrected chi connectivity index (χ1v) is 7.86. The Labute approximate surface area is 139 Å². The van der Waals surface area contributed by atoms with Gasteiger partial charge in [0.15, 0.2) is 0 Å². The van der Waals surface area contributed by atoms with Gasteiger partial charge in [0, 0.05) is 19.3 Å². The molecule has 0 aliphatic heterocycles. The standard InChI is InChI=1S/3C6H12O.CH4/c3*1-5(2)4-6(3)7;/h3*5H,4H2,1-3H3;1H4. The van der Waals surface area contributed by atoms with Crippen molar-refractivity contribution in [1.29, 1.82) is 0 Å². The van der Waals surface area contributed by atoms with Gasteiger partial charge in [0.1, 0.15) is 17.3 Å². The SMILES string of the molecule is C.CC(=O)CC(C)C.CC(=O)CC(C)C.CC(=O)CC(C)C. The van der Waals surface area contributed by atoms with E-state index in [-0.39, 0.29) is 24.8 Å². The molecule has 22 heavy (non-hydrogen) atoms. The van der Waals surface area contributed by atoms with Crippen LogP contribution >= 0.6 is 0 Å². The van der Waals surface area contributed by atoms with Crippen LogP contribution in [0.2, 0.25) is 0 Å². The van der Waals surface area contributed by atoms with E-state index < -0.39 is 0 Å². The van der Waals surface area contributed by atoms with Gasteiger partial charge in [0.2, 0.25) is 0 Å². The van der Waals surface area contributed by atoms with Crippen molar-refractivity contribution in [3.8, 4) is 0 Å². The second-order valence-corrected chi connectivity index (χ2v) is 6.90. The van der Waals surface area contributed by atoms with Crippen LogP contribution in [0.4, 0.5) is 0 Å². The molecule has 3 nitrogen and oxygen atoms in total. The Hall–Kier alpha value is -0.990. The molecule has 0 bridgehead atoms. The lowest BCUT2D eigenvalue weighted by atomic mass is 10.1. The number of carbonyl (C=O) groups excluding carboxylic acids is 3. The van der Waals surface area contributed by atoms with Crippen molar-refractivity contribution in [2.75, 3.05) is 0 Å². The number of hydrogen-bond donors (Lipinski definition) is 0. The first kappa shape index (κ1) is 29.1. The summed E-state index contributed by atoms with van der Waals surface area (Å²) in [6, 6.07) is 0. The summed E-state index contributed by atoms with van der Waals surface area (Å²) >= 11 is 0. The van der Waals surface area contributed by atoms with Crippen molar-refractivity contribution >= 4 is 17.3 Å². The molecule has 0 aromatic heterocycles. The molecule has 0 aromatic rings. The predicted octanol–water partition coefficient (Wildman–Crippen LogP) is 5.50. The van der Waals surface area contributed by atoms with Crippen LogP contribution in [0.3, 0.4) is 0 Å². The topological polar surface area (TPSA) is 51.2 Å². The van der Waals surface area contributed by atoms with Crippen LogP contribution in [0.15, 0.2) is 0 Å². The lowest BCUT2D eigenvalue weighted by Gasteiger charge is -1.95. The van der Waals surface area contributed by atoms with E-state index in [0.29, 0.717) is 17.8 Å². The molecule has 0 radical (unpaired) electrons. The van der Waals surface area contributed by atoms with Crippen molar-refractivity contribution in [3.05, 3.63) is 0 Å². The van der Waals surface area contributed by atoms with Gasteiger partial charge in [-0.25, -0.2) is 0 Å². The fourth-order valence-electron chi connectivity index (χ4n) is 1.72. The highest BCUT2D eigenvalue weighted by Gasteiger charge is 1.96. The van der Waals surface area contributed by atoms with Gasteiger partial charge in [0.05, 0.1) is 0 Å². The highest BCUT2D eigenvalue weighted by atomic mass is 16.1. The summed E-state index contributed by atoms with van der Waals surface area (Å²) in [7, 11) is 0. The average molecular weight is 317 g/mol. The van der Waals surface area contributed by atoms with Gasteiger partial charge in [-0.15, -0.1) is 0 Å². The van der Waals surface area contributed by atoms with E-state index in [9.17, 15) is 14.4 Å². The van der Waals surface area contributed by atoms with Gasteiger partial charge in [-0.2, -0.15) is 0 Å². The quantitative estimate of drug-likeness (QED) is 0.650. The molecule has 0 spiro atoms. The number of hydrogen-bond acceptors (Lipinski definition) is 3. The Morgan fingerprint density at radius 3 is 0.682 bits per heavy atom. The van der Waals surface area contributed by atoms with Crippen LogP contribution in [0.25, 0.3) is 0 Å². The van der Waals surface area contributed by atoms with E-state index in [2.05, 4.69) is 0 Å². The van der Waals surface area contributed by atoms with Crippen molar-refractivity contribution < 1.29 is 14.4 Å². The molecule has 0 N–H and O–H groups in total. The zero-order valence-electron chi connectivity index (χ0n) is 15.6. The summed E-state index contributed by atoms with van der Waals surface area (Å²) in [5.74, 6) is 2.44. The molecular formula is C19H40O3. The Balaban J connectivity index is -0.000000108. The van der Waals surface area contributed by atoms with E-state index >= 15 is 0 Å². The smallest absolute Gasteiger partial charge is 0.130 e. The molecule has 134 valence electrons. The maximum absolute atomic E-state index is 10.3. The van der Waals surface area contributed by atoms with Gasteiger partial charge < -0.3 is 14.4 Å². The predicted molar refractivity (Wildman–Crippen MR) is 97.1 cm³/mol. The van der Waals surface area contributed by atoms with Crippen molar-refractivity contribution in [2.24, 2.45) is 17.8 Å². The molecule has 0 unspecified atom stereocenters. The zero-order chi connectivity index (χ0) is 17.6. The third kappa shape index (κ3) is 50.9. The Kier molecular flexibility index (Phi) is 23.9. The summed E-state index contributed by atoms with van der Waals surface area (Å²) in [4.78, 5) is 30.8. The van der Waals surface area contributed by atoms with Gasteiger partial charge in [0.25, 0.3) is 0 Å². The zero-order valence-corrected chi connectivity index (χ0v) is 15.6. The van der Waals surface area contributed by atoms with E-state index in [1.807, 2.05) is 41.5 Å². The molecule has 0 saturated heterocycles. The number of carbonyl (C=O) groups is 3. The Bertz CT molecular complexity index is 242. The molecule has 3 heteroatoms. The first-order valence-electron chi connectivity index (χ1n) is 7.86. The van der Waals surface area contributed by atoms with Crippen LogP contribution in [-0.2, 0) is 14.4 Å². The van der Waals surface area contributed by atoms with Gasteiger partial charge in [-0.05, 0) is 38.5 Å². The Morgan fingerprint density at radius 2 is 0.682 bits per heavy atom. The molecule has 0 rings (SSSR count). The molecule has 0 amide bonds. The van der Waals surface area contributed by atoms with Gasteiger partial charge in [-0.3, -0.25) is 0 Å². The van der Waals surface area contributed by atoms with Crippen LogP contribution in [0, 0.1) is 17.8 Å². The molecular weight excluding hydrogens is 276 g/mol. The number of rotatable bonds is 6. The minimum absolute atomic E-state index is 0. The fourth-order valence-corrected chi connectivity index (χ4v) is 1.72. The molecule has 0 heterocycles. The fraction of sp³-hybridized carbons (Fsp3) is 0.842. The summed E-state index contributed by atoms with van der Waals surface area (Å²) in [6.45, 7) is 17.1. The minimum Gasteiger partial charge on any atom is -0.300 e. The monoisotopic (exact) mass is 316 g/mol. The largest absolute Gasteiger partial charge is 0.300 e. The van der Waals surface area contributed by atoms with Crippen molar-refractivity contribution in [1.82, 2.24) is 0 Å². The third-order valence-electron chi connectivity index (χ3n) is 2.09. The van der Waals surface area contributed by atoms with E-state index in [1.54, 1.807) is 20.8 Å². The molecule has 0 fully saturated rings. The van der Waals surface area contributed by atoms with Crippen LogP contribution in [-0.4, -0.2) is 17.3 Å². The summed E-state index contributed by atoms with van der Waals surface area (Å²) in [6.07, 6.45) is 2.17. The second kappa shape index (κ2) is 18.1. The maximum atomic E-state index is 10.3. The van der Waals surface area contributed by atoms with E-state index in [0.717, 1.165) is 19.3 Å². The second-order valence-electron chi connectivity index (χ2n) is 6.90. The summed E-state index contributed by atoms with van der Waals surface area (Å²) in [5, 5.41) is 0. The van der Waals surface area contributed by atoms with Gasteiger partial charge >= 0.3 is 0 Å². The lowest BCUT2D eigenvalue weighted by molar-refractivity contribution is -0.118. The van der Waals surface area contributed by atoms with Crippen LogP contribution < -0.4 is 0 Å². The van der Waals surface area contributed by atoms with E-state index in [4.69, 9.17) is 0 Å². The minimum atomic E-state index is 0. The highest BCUT2D eigenvalue weighted by molar-refractivity contribution is 5.76. The molecule has 0 saturated carbocycles. The van der Waals surface area contributed by atoms with Gasteiger partial charge in [-0.1, -0.05) is 49.0 Å². The maximum Gasteiger partial charge on any atom is 0.130 e. The molecule has 0 atom stereocenters. The lowest BCUT2D eigenvalue weighted by Crippen LogP contribution is -1.95. The molecule has 0 aromatic carbocycles. The molecule has 0 aliphatic carbocycles. The summed E-state index contributed by atoms with van der Waals surface area (Å²) < 4.78 is 0. The van der Waals surface area contributed by atoms with E-state index in [1.165, 1.54) is 0 Å². The molecule has 0 aliphatic rings. The highest BCUT2D eigenvalue weighted by Crippen LogP contribution is 1.98. The third-order valence-corrected chi connectivity index (χ3v) is 2.09. The number of Topliss-reactive ketones (excluding diaryl/α,β-unsaturated/α-hetero) is 3. The van der Waals surface area contributed by atoms with Crippen LogP contribution in [0.1, 0.15) is 89.0 Å². The van der Waals surface area contributed by atoms with Crippen LogP contribution in [0.5, 0.6) is 0 Å². The first-order chi connectivity index (χ1) is 9.38. The number of ketones is 3. The Morgan fingerprint density at radius 1 is 0.545 bits per heavy atom.